The van der Waals surface area contributed by atoms with E-state index in [4.69, 9.17) is 0 Å². The van der Waals surface area contributed by atoms with Crippen molar-refractivity contribution in [2.24, 2.45) is 0 Å². The molecule has 0 unspecified atom stereocenters. The first kappa shape index (κ1) is 10.8. The molecule has 0 aromatic heterocycles. The van der Waals surface area contributed by atoms with E-state index < -0.39 is 17.9 Å². The van der Waals surface area contributed by atoms with Gasteiger partial charge in [0.1, 0.15) is 0 Å². The molecule has 0 saturated heterocycles. The van der Waals surface area contributed by atoms with Gasteiger partial charge in [0, 0.05) is 0 Å². The van der Waals surface area contributed by atoms with E-state index in [1.165, 1.54) is 0 Å². The second-order valence-corrected chi connectivity index (χ2v) is 3.41. The average Bonchev–Trinajstić information content (AvgIpc) is 1.56. The standard InChI is InChI=1S/C7H13F3O/c1-5(7(8,9)10)11-6(2,3)4/h5H,1-4H3/t5-/m1/s1. The molecule has 0 rings (SSSR count). The molecule has 1 atom stereocenters. The van der Waals surface area contributed by atoms with Crippen molar-refractivity contribution in [1.29, 1.82) is 0 Å². The van der Waals surface area contributed by atoms with Gasteiger partial charge in [-0.3, -0.25) is 0 Å². The molecule has 0 aromatic rings. The maximum Gasteiger partial charge on any atom is 0.414 e. The lowest BCUT2D eigenvalue weighted by Crippen LogP contribution is -2.35. The van der Waals surface area contributed by atoms with E-state index in [0.29, 0.717) is 0 Å². The summed E-state index contributed by atoms with van der Waals surface area (Å²) >= 11 is 0. The molecule has 0 aliphatic heterocycles. The van der Waals surface area contributed by atoms with Gasteiger partial charge in [-0.05, 0) is 27.7 Å². The van der Waals surface area contributed by atoms with Crippen LogP contribution in [0.15, 0.2) is 0 Å². The first-order valence-electron chi connectivity index (χ1n) is 3.37. The molecule has 0 aliphatic carbocycles. The second-order valence-electron chi connectivity index (χ2n) is 3.41. The molecule has 0 amide bonds. The van der Waals surface area contributed by atoms with Crippen molar-refractivity contribution in [3.05, 3.63) is 0 Å². The van der Waals surface area contributed by atoms with Crippen LogP contribution in [0.5, 0.6) is 0 Å². The maximum absolute atomic E-state index is 11.9. The Kier molecular flexibility index (Phi) is 2.94. The molecule has 1 nitrogen and oxygen atoms in total. The summed E-state index contributed by atoms with van der Waals surface area (Å²) in [5, 5.41) is 0. The molecular weight excluding hydrogens is 157 g/mol. The minimum atomic E-state index is -4.26. The molecule has 11 heavy (non-hydrogen) atoms. The lowest BCUT2D eigenvalue weighted by atomic mass is 10.2. The van der Waals surface area contributed by atoms with Crippen LogP contribution < -0.4 is 0 Å². The number of hydrogen-bond acceptors (Lipinski definition) is 1. The molecule has 0 aliphatic rings. The zero-order valence-electron chi connectivity index (χ0n) is 7.12. The summed E-state index contributed by atoms with van der Waals surface area (Å²) in [5.41, 5.74) is -0.741. The molecule has 0 bridgehead atoms. The Bertz CT molecular complexity index is 123. The van der Waals surface area contributed by atoms with Crippen LogP contribution in [0.25, 0.3) is 0 Å². The lowest BCUT2D eigenvalue weighted by Gasteiger charge is -2.26. The fraction of sp³-hybridized carbons (Fsp3) is 1.00. The molecular formula is C7H13F3O. The molecule has 0 spiro atoms. The molecule has 4 heteroatoms. The zero-order valence-corrected chi connectivity index (χ0v) is 7.12. The van der Waals surface area contributed by atoms with Gasteiger partial charge in [-0.1, -0.05) is 0 Å². The third kappa shape index (κ3) is 5.07. The third-order valence-corrected chi connectivity index (χ3v) is 0.991. The highest BCUT2D eigenvalue weighted by Gasteiger charge is 2.39. The molecule has 0 fully saturated rings. The molecule has 0 radical (unpaired) electrons. The van der Waals surface area contributed by atoms with Crippen molar-refractivity contribution in [3.63, 3.8) is 0 Å². The van der Waals surface area contributed by atoms with Gasteiger partial charge in [0.25, 0.3) is 0 Å². The smallest absolute Gasteiger partial charge is 0.363 e. The number of ether oxygens (including phenoxy) is 1. The predicted molar refractivity (Wildman–Crippen MR) is 36.4 cm³/mol. The molecule has 68 valence electrons. The summed E-state index contributed by atoms with van der Waals surface area (Å²) < 4.78 is 40.2. The Labute approximate surface area is 64.5 Å². The summed E-state index contributed by atoms with van der Waals surface area (Å²) in [7, 11) is 0. The van der Waals surface area contributed by atoms with Crippen LogP contribution in [0.3, 0.4) is 0 Å². The van der Waals surface area contributed by atoms with Crippen LogP contribution in [-0.4, -0.2) is 17.9 Å². The average molecular weight is 170 g/mol. The van der Waals surface area contributed by atoms with Gasteiger partial charge in [-0.2, -0.15) is 13.2 Å². The Morgan fingerprint density at radius 1 is 1.09 bits per heavy atom. The Balaban J connectivity index is 3.99. The first-order valence-corrected chi connectivity index (χ1v) is 3.37. The minimum Gasteiger partial charge on any atom is -0.363 e. The maximum atomic E-state index is 11.9. The van der Waals surface area contributed by atoms with E-state index in [0.717, 1.165) is 6.92 Å². The summed E-state index contributed by atoms with van der Waals surface area (Å²) in [6.45, 7) is 5.78. The van der Waals surface area contributed by atoms with E-state index in [-0.39, 0.29) is 0 Å². The van der Waals surface area contributed by atoms with Gasteiger partial charge >= 0.3 is 6.18 Å². The molecule has 0 saturated carbocycles. The highest BCUT2D eigenvalue weighted by molar-refractivity contribution is 4.67. The van der Waals surface area contributed by atoms with Crippen LogP contribution in [0, 0.1) is 0 Å². The van der Waals surface area contributed by atoms with Gasteiger partial charge in [-0.25, -0.2) is 0 Å². The van der Waals surface area contributed by atoms with Gasteiger partial charge in [0.05, 0.1) is 5.60 Å². The van der Waals surface area contributed by atoms with Gasteiger partial charge in [-0.15, -0.1) is 0 Å². The van der Waals surface area contributed by atoms with E-state index in [1.807, 2.05) is 0 Å². The SMILES string of the molecule is C[C@@H](OC(C)(C)C)C(F)(F)F. The van der Waals surface area contributed by atoms with Crippen molar-refractivity contribution in [2.75, 3.05) is 0 Å². The molecule has 0 heterocycles. The Hall–Kier alpha value is -0.250. The van der Waals surface area contributed by atoms with Crippen molar-refractivity contribution in [1.82, 2.24) is 0 Å². The van der Waals surface area contributed by atoms with E-state index in [1.54, 1.807) is 20.8 Å². The van der Waals surface area contributed by atoms with Crippen LogP contribution in [0.1, 0.15) is 27.7 Å². The third-order valence-electron chi connectivity index (χ3n) is 0.991. The second kappa shape index (κ2) is 3.01. The lowest BCUT2D eigenvalue weighted by molar-refractivity contribution is -0.238. The highest BCUT2D eigenvalue weighted by atomic mass is 19.4. The van der Waals surface area contributed by atoms with Crippen LogP contribution in [0.2, 0.25) is 0 Å². The topological polar surface area (TPSA) is 9.23 Å². The first-order chi connectivity index (χ1) is 4.63. The van der Waals surface area contributed by atoms with Crippen LogP contribution in [-0.2, 0) is 4.74 Å². The molecule has 0 N–H and O–H groups in total. The van der Waals surface area contributed by atoms with Crippen LogP contribution in [0.4, 0.5) is 13.2 Å². The van der Waals surface area contributed by atoms with E-state index >= 15 is 0 Å². The van der Waals surface area contributed by atoms with Gasteiger partial charge < -0.3 is 4.74 Å². The number of halogens is 3. The highest BCUT2D eigenvalue weighted by Crippen LogP contribution is 2.25. The van der Waals surface area contributed by atoms with Gasteiger partial charge in [0.2, 0.25) is 0 Å². The number of hydrogen-bond donors (Lipinski definition) is 0. The summed E-state index contributed by atoms with van der Waals surface area (Å²) in [6.07, 6.45) is -5.95. The summed E-state index contributed by atoms with van der Waals surface area (Å²) in [6, 6.07) is 0. The van der Waals surface area contributed by atoms with E-state index in [9.17, 15) is 13.2 Å². The van der Waals surface area contributed by atoms with Crippen molar-refractivity contribution in [3.8, 4) is 0 Å². The number of rotatable bonds is 1. The van der Waals surface area contributed by atoms with Crippen molar-refractivity contribution < 1.29 is 17.9 Å². The minimum absolute atomic E-state index is 0.741. The largest absolute Gasteiger partial charge is 0.414 e. The Morgan fingerprint density at radius 3 is 1.55 bits per heavy atom. The molecule has 0 aromatic carbocycles. The van der Waals surface area contributed by atoms with Crippen LogP contribution >= 0.6 is 0 Å². The fourth-order valence-electron chi connectivity index (χ4n) is 0.597. The van der Waals surface area contributed by atoms with Crippen molar-refractivity contribution >= 4 is 0 Å². The summed E-state index contributed by atoms with van der Waals surface area (Å²) in [4.78, 5) is 0. The van der Waals surface area contributed by atoms with Crippen molar-refractivity contribution in [2.45, 2.75) is 45.6 Å². The van der Waals surface area contributed by atoms with Gasteiger partial charge in [0.15, 0.2) is 6.10 Å². The predicted octanol–water partition coefficient (Wildman–Crippen LogP) is 2.75. The fourth-order valence-corrected chi connectivity index (χ4v) is 0.597. The monoisotopic (exact) mass is 170 g/mol. The quantitative estimate of drug-likeness (QED) is 0.588. The summed E-state index contributed by atoms with van der Waals surface area (Å²) in [5.74, 6) is 0. The normalized spacial score (nSPS) is 16.6. The Morgan fingerprint density at radius 2 is 1.45 bits per heavy atom. The van der Waals surface area contributed by atoms with E-state index in [2.05, 4.69) is 4.74 Å². The zero-order chi connectivity index (χ0) is 9.28. The number of alkyl halides is 3.